The van der Waals surface area contributed by atoms with E-state index in [1.165, 1.54) is 5.56 Å². The second-order valence-electron chi connectivity index (χ2n) is 5.32. The van der Waals surface area contributed by atoms with Crippen LogP contribution in [0.1, 0.15) is 30.7 Å². The zero-order chi connectivity index (χ0) is 12.5. The smallest absolute Gasteiger partial charge is 0.0728 e. The molecule has 2 nitrogen and oxygen atoms in total. The maximum Gasteiger partial charge on any atom is 0.0728 e. The largest absolute Gasteiger partial charge is 0.389 e. The molecular formula is C14H20BrNO. The number of likely N-dealkylation sites (N-methyl/N-ethyl adjacent to an activating group) is 1. The number of hydrogen-bond acceptors (Lipinski definition) is 2. The van der Waals surface area contributed by atoms with Crippen molar-refractivity contribution in [3.8, 4) is 0 Å². The fourth-order valence-corrected chi connectivity index (χ4v) is 2.80. The topological polar surface area (TPSA) is 23.5 Å². The molecule has 0 aromatic heterocycles. The highest BCUT2D eigenvalue weighted by Gasteiger charge is 2.42. The van der Waals surface area contributed by atoms with Crippen LogP contribution in [0.3, 0.4) is 0 Å². The fourth-order valence-electron chi connectivity index (χ4n) is 2.53. The first-order chi connectivity index (χ1) is 8.01. The molecule has 3 heteroatoms. The Morgan fingerprint density at radius 1 is 1.29 bits per heavy atom. The molecule has 0 heterocycles. The summed E-state index contributed by atoms with van der Waals surface area (Å²) in [7, 11) is 4.13. The van der Waals surface area contributed by atoms with Crippen molar-refractivity contribution in [2.75, 3.05) is 20.6 Å². The van der Waals surface area contributed by atoms with Crippen LogP contribution >= 0.6 is 15.9 Å². The van der Waals surface area contributed by atoms with Crippen molar-refractivity contribution >= 4 is 15.9 Å². The molecule has 0 aliphatic heterocycles. The van der Waals surface area contributed by atoms with Crippen molar-refractivity contribution in [2.45, 2.75) is 30.8 Å². The highest BCUT2D eigenvalue weighted by molar-refractivity contribution is 9.10. The third kappa shape index (κ3) is 2.90. The molecule has 0 radical (unpaired) electrons. The average molecular weight is 298 g/mol. The normalized spacial score (nSPS) is 20.1. The highest BCUT2D eigenvalue weighted by atomic mass is 79.9. The van der Waals surface area contributed by atoms with Crippen molar-refractivity contribution in [3.63, 3.8) is 0 Å². The van der Waals surface area contributed by atoms with E-state index in [0.717, 1.165) is 30.3 Å². The van der Waals surface area contributed by atoms with E-state index in [4.69, 9.17) is 0 Å². The summed E-state index contributed by atoms with van der Waals surface area (Å²) < 4.78 is 1.09. The number of halogens is 1. The van der Waals surface area contributed by atoms with Crippen molar-refractivity contribution < 1.29 is 5.11 Å². The quantitative estimate of drug-likeness (QED) is 0.923. The first kappa shape index (κ1) is 13.1. The van der Waals surface area contributed by atoms with Gasteiger partial charge in [0.2, 0.25) is 0 Å². The SMILES string of the molecule is CN(C)C[C@H](c1ccc(Br)cc1)C1(O)CCC1. The molecule has 0 bridgehead atoms. The van der Waals surface area contributed by atoms with E-state index in [-0.39, 0.29) is 5.92 Å². The average Bonchev–Trinajstić information content (AvgIpc) is 2.24. The first-order valence-electron chi connectivity index (χ1n) is 6.14. The van der Waals surface area contributed by atoms with E-state index in [2.05, 4.69) is 59.2 Å². The lowest BCUT2D eigenvalue weighted by atomic mass is 9.68. The van der Waals surface area contributed by atoms with Crippen molar-refractivity contribution in [3.05, 3.63) is 34.3 Å². The molecule has 0 saturated heterocycles. The third-order valence-corrected chi connectivity index (χ3v) is 4.22. The van der Waals surface area contributed by atoms with Crippen molar-refractivity contribution in [1.29, 1.82) is 0 Å². The van der Waals surface area contributed by atoms with Crippen LogP contribution in [-0.4, -0.2) is 36.2 Å². The Kier molecular flexibility index (Phi) is 3.91. The van der Waals surface area contributed by atoms with Gasteiger partial charge in [0.25, 0.3) is 0 Å². The van der Waals surface area contributed by atoms with Crippen LogP contribution in [0.4, 0.5) is 0 Å². The minimum Gasteiger partial charge on any atom is -0.389 e. The molecule has 1 saturated carbocycles. The van der Waals surface area contributed by atoms with E-state index in [1.54, 1.807) is 0 Å². The van der Waals surface area contributed by atoms with Crippen LogP contribution in [0, 0.1) is 0 Å². The van der Waals surface area contributed by atoms with E-state index in [0.29, 0.717) is 0 Å². The molecular weight excluding hydrogens is 278 g/mol. The number of benzene rings is 1. The Bertz CT molecular complexity index is 370. The molecule has 1 N–H and O–H groups in total. The molecule has 0 amide bonds. The number of hydrogen-bond donors (Lipinski definition) is 1. The van der Waals surface area contributed by atoms with E-state index < -0.39 is 5.60 Å². The molecule has 1 aromatic rings. The molecule has 1 aliphatic carbocycles. The Labute approximate surface area is 112 Å². The van der Waals surface area contributed by atoms with Gasteiger partial charge in [0.05, 0.1) is 5.60 Å². The maximum absolute atomic E-state index is 10.6. The molecule has 2 rings (SSSR count). The lowest BCUT2D eigenvalue weighted by Gasteiger charge is -2.44. The molecule has 1 aromatic carbocycles. The van der Waals surface area contributed by atoms with E-state index >= 15 is 0 Å². The molecule has 1 fully saturated rings. The Hall–Kier alpha value is -0.380. The Morgan fingerprint density at radius 2 is 1.88 bits per heavy atom. The van der Waals surface area contributed by atoms with Gasteiger partial charge in [-0.2, -0.15) is 0 Å². The summed E-state index contributed by atoms with van der Waals surface area (Å²) in [5.74, 6) is 0.222. The van der Waals surface area contributed by atoms with Crippen LogP contribution in [-0.2, 0) is 0 Å². The van der Waals surface area contributed by atoms with Crippen molar-refractivity contribution in [2.24, 2.45) is 0 Å². The zero-order valence-electron chi connectivity index (χ0n) is 10.5. The second-order valence-corrected chi connectivity index (χ2v) is 6.24. The predicted molar refractivity (Wildman–Crippen MR) is 74.2 cm³/mol. The summed E-state index contributed by atoms with van der Waals surface area (Å²) in [5, 5.41) is 10.6. The predicted octanol–water partition coefficient (Wildman–Crippen LogP) is 3.01. The van der Waals surface area contributed by atoms with E-state index in [9.17, 15) is 5.11 Å². The van der Waals surface area contributed by atoms with E-state index in [1.807, 2.05) is 0 Å². The minimum atomic E-state index is -0.488. The van der Waals surface area contributed by atoms with Crippen LogP contribution in [0.5, 0.6) is 0 Å². The monoisotopic (exact) mass is 297 g/mol. The van der Waals surface area contributed by atoms with Gasteiger partial charge in [-0.15, -0.1) is 0 Å². The molecule has 1 atom stereocenters. The maximum atomic E-state index is 10.6. The lowest BCUT2D eigenvalue weighted by molar-refractivity contribution is -0.0622. The fraction of sp³-hybridized carbons (Fsp3) is 0.571. The second kappa shape index (κ2) is 5.09. The summed E-state index contributed by atoms with van der Waals surface area (Å²) in [5.41, 5.74) is 0.752. The van der Waals surface area contributed by atoms with Crippen LogP contribution < -0.4 is 0 Å². The van der Waals surface area contributed by atoms with Gasteiger partial charge in [-0.3, -0.25) is 0 Å². The standard InChI is InChI=1S/C14H20BrNO/c1-16(2)10-13(14(17)8-3-9-14)11-4-6-12(15)7-5-11/h4-7,13,17H,3,8-10H2,1-2H3/t13-/m1/s1. The Morgan fingerprint density at radius 3 is 2.29 bits per heavy atom. The minimum absolute atomic E-state index is 0.222. The van der Waals surface area contributed by atoms with Crippen molar-refractivity contribution in [1.82, 2.24) is 4.90 Å². The molecule has 17 heavy (non-hydrogen) atoms. The van der Waals surface area contributed by atoms with Gasteiger partial charge in [0.1, 0.15) is 0 Å². The third-order valence-electron chi connectivity index (χ3n) is 3.69. The Balaban J connectivity index is 2.23. The summed E-state index contributed by atoms with van der Waals surface area (Å²) >= 11 is 3.45. The number of nitrogens with zero attached hydrogens (tertiary/aromatic N) is 1. The van der Waals surface area contributed by atoms with Crippen LogP contribution in [0.15, 0.2) is 28.7 Å². The summed E-state index contributed by atoms with van der Waals surface area (Å²) in [4.78, 5) is 2.16. The molecule has 94 valence electrons. The van der Waals surface area contributed by atoms with Gasteiger partial charge in [-0.25, -0.2) is 0 Å². The number of aliphatic hydroxyl groups is 1. The highest BCUT2D eigenvalue weighted by Crippen LogP contribution is 2.43. The molecule has 0 unspecified atom stereocenters. The zero-order valence-corrected chi connectivity index (χ0v) is 12.1. The van der Waals surface area contributed by atoms with Gasteiger partial charge in [-0.1, -0.05) is 28.1 Å². The van der Waals surface area contributed by atoms with Gasteiger partial charge >= 0.3 is 0 Å². The van der Waals surface area contributed by atoms with Gasteiger partial charge in [0, 0.05) is 16.9 Å². The summed E-state index contributed by atoms with van der Waals surface area (Å²) in [6, 6.07) is 8.35. The number of rotatable bonds is 4. The van der Waals surface area contributed by atoms with Crippen LogP contribution in [0.25, 0.3) is 0 Å². The lowest BCUT2D eigenvalue weighted by Crippen LogP contribution is -2.46. The van der Waals surface area contributed by atoms with Gasteiger partial charge < -0.3 is 10.0 Å². The first-order valence-corrected chi connectivity index (χ1v) is 6.93. The molecule has 0 spiro atoms. The van der Waals surface area contributed by atoms with Crippen LogP contribution in [0.2, 0.25) is 0 Å². The summed E-state index contributed by atoms with van der Waals surface area (Å²) in [6.45, 7) is 0.901. The van der Waals surface area contributed by atoms with Gasteiger partial charge in [-0.05, 0) is 51.1 Å². The summed E-state index contributed by atoms with van der Waals surface area (Å²) in [6.07, 6.45) is 3.01. The van der Waals surface area contributed by atoms with Gasteiger partial charge in [0.15, 0.2) is 0 Å². The molecule has 1 aliphatic rings.